The molecule has 1 atom stereocenters. The average molecular weight is 765 g/mol. The summed E-state index contributed by atoms with van der Waals surface area (Å²) in [7, 11) is 0. The zero-order valence-corrected chi connectivity index (χ0v) is 32.9. The van der Waals surface area contributed by atoms with Crippen LogP contribution in [0.15, 0.2) is 164 Å². The highest BCUT2D eigenvalue weighted by molar-refractivity contribution is 5.82. The summed E-state index contributed by atoms with van der Waals surface area (Å²) in [5.41, 5.74) is 12.5. The van der Waals surface area contributed by atoms with Crippen LogP contribution in [0.4, 0.5) is 0 Å². The molecular weight excluding hydrogens is 725 g/mol. The van der Waals surface area contributed by atoms with Gasteiger partial charge in [-0.1, -0.05) is 146 Å². The molecule has 0 amide bonds. The lowest BCUT2D eigenvalue weighted by Crippen LogP contribution is -2.39. The van der Waals surface area contributed by atoms with Gasteiger partial charge in [0.25, 0.3) is 0 Å². The summed E-state index contributed by atoms with van der Waals surface area (Å²) < 4.78 is 4.37. The number of rotatable bonds is 8. The molecule has 59 heavy (non-hydrogen) atoms. The van der Waals surface area contributed by atoms with Gasteiger partial charge in [0.15, 0.2) is 11.5 Å². The normalized spacial score (nSPS) is 13.6. The summed E-state index contributed by atoms with van der Waals surface area (Å²) in [6.07, 6.45) is 6.22. The molecule has 1 aliphatic carbocycles. The van der Waals surface area contributed by atoms with Crippen LogP contribution in [0, 0.1) is 18.8 Å². The van der Waals surface area contributed by atoms with E-state index in [0.717, 1.165) is 86.5 Å². The zero-order valence-electron chi connectivity index (χ0n) is 32.9. The van der Waals surface area contributed by atoms with Gasteiger partial charge < -0.3 is 4.57 Å². The lowest BCUT2D eigenvalue weighted by atomic mass is 9.77. The summed E-state index contributed by atoms with van der Waals surface area (Å²) in [6.45, 7) is 4.27. The Balaban J connectivity index is 1.08. The van der Waals surface area contributed by atoms with Crippen molar-refractivity contribution in [2.24, 2.45) is 0 Å². The van der Waals surface area contributed by atoms with E-state index in [1.54, 1.807) is 12.4 Å². The Hall–Kier alpha value is -7.50. The van der Waals surface area contributed by atoms with Crippen molar-refractivity contribution in [2.45, 2.75) is 44.7 Å². The van der Waals surface area contributed by atoms with E-state index in [-0.39, 0.29) is 6.04 Å². The van der Waals surface area contributed by atoms with Gasteiger partial charge in [0, 0.05) is 29.9 Å². The van der Waals surface area contributed by atoms with E-state index in [9.17, 15) is 0 Å². The van der Waals surface area contributed by atoms with Crippen molar-refractivity contribution in [3.8, 4) is 34.4 Å². The Kier molecular flexibility index (Phi) is 9.19. The second-order valence-electron chi connectivity index (χ2n) is 15.0. The number of aromatic nitrogens is 8. The first-order valence-electron chi connectivity index (χ1n) is 20.1. The van der Waals surface area contributed by atoms with E-state index in [2.05, 4.69) is 156 Å². The van der Waals surface area contributed by atoms with Crippen LogP contribution in [0.5, 0.6) is 0 Å². The molecule has 0 aliphatic heterocycles. The standard InChI is InChI=1S/C51H40N8/c1-3-47-54-48-35(2)32-42(28-25-36-16-15-31-52-34-36)53-50(48)58(47)46-30-27-38-33-37(26-29-44(38)46)43-23-13-14-24-45(43)49-55-56-57-59(49)51(39-17-7-4-8-18-39,40-19-9-5-10-20-40)41-21-11-6-12-22-41/h4-24,26,29,31-34,46H,3,27,30H2,1-2H3/t46-/m0/s1. The van der Waals surface area contributed by atoms with Crippen molar-refractivity contribution in [3.05, 3.63) is 215 Å². The SMILES string of the molecule is CCc1nc2c(C)cc(C#Cc3cccnc3)nc2n1[C@H]1CCc2cc(-c3ccccc3-c3nnnn3C(c3ccccc3)(c3ccccc3)c3ccccc3)ccc21. The number of benzene rings is 5. The predicted molar refractivity (Wildman–Crippen MR) is 232 cm³/mol. The van der Waals surface area contributed by atoms with Crippen molar-refractivity contribution in [3.63, 3.8) is 0 Å². The number of imidazole rings is 1. The summed E-state index contributed by atoms with van der Waals surface area (Å²) in [5, 5.41) is 14.0. The second kappa shape index (κ2) is 15.1. The molecule has 4 aromatic heterocycles. The molecule has 0 N–H and O–H groups in total. The molecule has 0 fully saturated rings. The van der Waals surface area contributed by atoms with Crippen LogP contribution in [-0.2, 0) is 18.4 Å². The van der Waals surface area contributed by atoms with Crippen molar-refractivity contribution < 1.29 is 0 Å². The second-order valence-corrected chi connectivity index (χ2v) is 15.0. The molecule has 1 aliphatic rings. The Bertz CT molecular complexity index is 2900. The lowest BCUT2D eigenvalue weighted by Gasteiger charge is -2.36. The Morgan fingerprint density at radius 2 is 1.39 bits per heavy atom. The van der Waals surface area contributed by atoms with Crippen LogP contribution in [0.1, 0.15) is 69.8 Å². The number of aryl methyl sites for hydroxylation is 3. The molecule has 4 heterocycles. The van der Waals surface area contributed by atoms with Gasteiger partial charge in [0.05, 0.1) is 6.04 Å². The van der Waals surface area contributed by atoms with Crippen LogP contribution in [0.25, 0.3) is 33.7 Å². The van der Waals surface area contributed by atoms with Crippen LogP contribution < -0.4 is 0 Å². The number of hydrogen-bond acceptors (Lipinski definition) is 6. The minimum Gasteiger partial charge on any atom is -0.305 e. The van der Waals surface area contributed by atoms with Gasteiger partial charge in [0.1, 0.15) is 22.6 Å². The third-order valence-corrected chi connectivity index (χ3v) is 11.6. The van der Waals surface area contributed by atoms with Crippen molar-refractivity contribution in [1.29, 1.82) is 0 Å². The quantitative estimate of drug-likeness (QED) is 0.113. The summed E-state index contributed by atoms with van der Waals surface area (Å²) in [4.78, 5) is 14.5. The van der Waals surface area contributed by atoms with E-state index < -0.39 is 5.54 Å². The molecule has 0 saturated carbocycles. The number of nitrogens with zero attached hydrogens (tertiary/aromatic N) is 8. The minimum atomic E-state index is -0.859. The van der Waals surface area contributed by atoms with E-state index in [1.165, 1.54) is 11.1 Å². The van der Waals surface area contributed by atoms with Gasteiger partial charge in [0.2, 0.25) is 0 Å². The topological polar surface area (TPSA) is 87.2 Å². The van der Waals surface area contributed by atoms with Crippen LogP contribution in [0.3, 0.4) is 0 Å². The summed E-state index contributed by atoms with van der Waals surface area (Å²) in [6, 6.07) is 53.0. The molecule has 10 rings (SSSR count). The smallest absolute Gasteiger partial charge is 0.184 e. The Morgan fingerprint density at radius 3 is 2.05 bits per heavy atom. The van der Waals surface area contributed by atoms with Crippen molar-refractivity contribution in [1.82, 2.24) is 39.7 Å². The molecule has 9 aromatic rings. The molecule has 0 unspecified atom stereocenters. The first kappa shape index (κ1) is 35.9. The van der Waals surface area contributed by atoms with Gasteiger partial charge in [-0.05, 0) is 98.8 Å². The summed E-state index contributed by atoms with van der Waals surface area (Å²) in [5.74, 6) is 8.23. The maximum Gasteiger partial charge on any atom is 0.184 e. The van der Waals surface area contributed by atoms with Crippen LogP contribution in [0.2, 0.25) is 0 Å². The van der Waals surface area contributed by atoms with E-state index in [4.69, 9.17) is 20.3 Å². The number of pyridine rings is 2. The monoisotopic (exact) mass is 764 g/mol. The maximum atomic E-state index is 5.13. The highest BCUT2D eigenvalue weighted by Gasteiger charge is 2.42. The maximum absolute atomic E-state index is 5.13. The highest BCUT2D eigenvalue weighted by atomic mass is 15.6. The van der Waals surface area contributed by atoms with E-state index in [0.29, 0.717) is 5.82 Å². The molecule has 284 valence electrons. The fraction of sp³-hybridized carbons (Fsp3) is 0.137. The van der Waals surface area contributed by atoms with Gasteiger partial charge >= 0.3 is 0 Å². The fourth-order valence-electron chi connectivity index (χ4n) is 8.92. The van der Waals surface area contributed by atoms with Gasteiger partial charge in [-0.15, -0.1) is 5.10 Å². The van der Waals surface area contributed by atoms with Crippen molar-refractivity contribution >= 4 is 11.2 Å². The largest absolute Gasteiger partial charge is 0.305 e. The lowest BCUT2D eigenvalue weighted by molar-refractivity contribution is 0.451. The Labute approximate surface area is 343 Å². The zero-order chi connectivity index (χ0) is 39.8. The molecule has 0 bridgehead atoms. The van der Waals surface area contributed by atoms with Crippen molar-refractivity contribution in [2.75, 3.05) is 0 Å². The fourth-order valence-corrected chi connectivity index (χ4v) is 8.92. The van der Waals surface area contributed by atoms with Gasteiger partial charge in [-0.25, -0.2) is 14.6 Å². The molecular formula is C51H40N8. The molecule has 8 nitrogen and oxygen atoms in total. The molecule has 0 saturated heterocycles. The third kappa shape index (κ3) is 6.19. The van der Waals surface area contributed by atoms with Gasteiger partial charge in [-0.3, -0.25) is 4.98 Å². The van der Waals surface area contributed by atoms with Crippen LogP contribution >= 0.6 is 0 Å². The Morgan fingerprint density at radius 1 is 0.712 bits per heavy atom. The highest BCUT2D eigenvalue weighted by Crippen LogP contribution is 2.45. The first-order chi connectivity index (χ1) is 29.1. The van der Waals surface area contributed by atoms with E-state index in [1.807, 2.05) is 41.1 Å². The van der Waals surface area contributed by atoms with Crippen LogP contribution in [-0.4, -0.2) is 39.7 Å². The number of tetrazole rings is 1. The molecule has 0 spiro atoms. The average Bonchev–Trinajstić information content (AvgIpc) is 4.05. The van der Waals surface area contributed by atoms with Gasteiger partial charge in [-0.2, -0.15) is 0 Å². The minimum absolute atomic E-state index is 0.109. The summed E-state index contributed by atoms with van der Waals surface area (Å²) >= 11 is 0. The number of fused-ring (bicyclic) bond motifs is 2. The molecule has 8 heteroatoms. The predicted octanol–water partition coefficient (Wildman–Crippen LogP) is 9.79. The number of hydrogen-bond donors (Lipinski definition) is 0. The van der Waals surface area contributed by atoms with E-state index >= 15 is 0 Å². The molecule has 0 radical (unpaired) electrons. The third-order valence-electron chi connectivity index (χ3n) is 11.6. The first-order valence-corrected chi connectivity index (χ1v) is 20.1. The molecule has 5 aromatic carbocycles.